The molecular formula is C14H12F4N4O3S. The number of rotatable bonds is 3. The Morgan fingerprint density at radius 1 is 1.15 bits per heavy atom. The number of amides is 2. The standard InChI is InChI=1S/C14H12F4N4O3S/c1-8-7-11(14(16,17)18)20-12(19-8)22(2)13(23)21-26(24,25)10-5-3-9(15)4-6-10/h3-7H,1-2H3,(H,21,23). The third-order valence-electron chi connectivity index (χ3n) is 3.08. The number of hydrogen-bond acceptors (Lipinski definition) is 5. The van der Waals surface area contributed by atoms with Crippen LogP contribution in [0.4, 0.5) is 28.3 Å². The minimum Gasteiger partial charge on any atom is -0.265 e. The molecular weight excluding hydrogens is 380 g/mol. The Labute approximate surface area is 145 Å². The number of nitrogens with zero attached hydrogens (tertiary/aromatic N) is 3. The van der Waals surface area contributed by atoms with Crippen LogP contribution in [0.1, 0.15) is 11.4 Å². The molecule has 12 heteroatoms. The molecule has 2 amide bonds. The number of carbonyl (C=O) groups is 1. The Balaban J connectivity index is 2.27. The lowest BCUT2D eigenvalue weighted by Crippen LogP contribution is -2.41. The monoisotopic (exact) mass is 392 g/mol. The molecule has 0 saturated carbocycles. The van der Waals surface area contributed by atoms with Crippen LogP contribution in [0.3, 0.4) is 0 Å². The van der Waals surface area contributed by atoms with E-state index in [2.05, 4.69) is 9.97 Å². The first-order chi connectivity index (χ1) is 11.9. The first-order valence-corrected chi connectivity index (χ1v) is 8.37. The van der Waals surface area contributed by atoms with Crippen molar-refractivity contribution in [2.75, 3.05) is 11.9 Å². The Hall–Kier alpha value is -2.76. The van der Waals surface area contributed by atoms with Crippen molar-refractivity contribution in [3.8, 4) is 0 Å². The lowest BCUT2D eigenvalue weighted by atomic mass is 10.3. The van der Waals surface area contributed by atoms with Crippen molar-refractivity contribution in [1.29, 1.82) is 0 Å². The van der Waals surface area contributed by atoms with Gasteiger partial charge in [0, 0.05) is 12.7 Å². The van der Waals surface area contributed by atoms with Crippen molar-refractivity contribution in [2.24, 2.45) is 0 Å². The fraction of sp³-hybridized carbons (Fsp3) is 0.214. The van der Waals surface area contributed by atoms with Gasteiger partial charge in [-0.1, -0.05) is 0 Å². The number of anilines is 1. The summed E-state index contributed by atoms with van der Waals surface area (Å²) in [4.78, 5) is 19.1. The number of benzene rings is 1. The molecule has 2 aromatic rings. The van der Waals surface area contributed by atoms with Crippen LogP contribution in [0.15, 0.2) is 35.2 Å². The predicted octanol–water partition coefficient (Wildman–Crippen LogP) is 2.48. The lowest BCUT2D eigenvalue weighted by Gasteiger charge is -2.18. The number of alkyl halides is 3. The van der Waals surface area contributed by atoms with Gasteiger partial charge in [0.15, 0.2) is 0 Å². The van der Waals surface area contributed by atoms with Gasteiger partial charge in [-0.15, -0.1) is 0 Å². The predicted molar refractivity (Wildman–Crippen MR) is 82.3 cm³/mol. The lowest BCUT2D eigenvalue weighted by molar-refractivity contribution is -0.141. The number of aromatic nitrogens is 2. The Kier molecular flexibility index (Phi) is 5.16. The average molecular weight is 392 g/mol. The van der Waals surface area contributed by atoms with Gasteiger partial charge in [-0.05, 0) is 37.3 Å². The Morgan fingerprint density at radius 3 is 2.27 bits per heavy atom. The van der Waals surface area contributed by atoms with Gasteiger partial charge in [0.05, 0.1) is 4.90 Å². The molecule has 1 heterocycles. The van der Waals surface area contributed by atoms with Crippen LogP contribution in [0.5, 0.6) is 0 Å². The van der Waals surface area contributed by atoms with E-state index >= 15 is 0 Å². The van der Waals surface area contributed by atoms with E-state index in [1.165, 1.54) is 6.92 Å². The quantitative estimate of drug-likeness (QED) is 0.811. The van der Waals surface area contributed by atoms with Gasteiger partial charge in [-0.2, -0.15) is 13.2 Å². The summed E-state index contributed by atoms with van der Waals surface area (Å²) >= 11 is 0. The zero-order valence-electron chi connectivity index (χ0n) is 13.4. The topological polar surface area (TPSA) is 92.3 Å². The zero-order chi connectivity index (χ0) is 19.7. The van der Waals surface area contributed by atoms with Crippen molar-refractivity contribution in [2.45, 2.75) is 18.0 Å². The smallest absolute Gasteiger partial charge is 0.265 e. The molecule has 0 radical (unpaired) electrons. The summed E-state index contributed by atoms with van der Waals surface area (Å²) in [6.07, 6.45) is -4.76. The molecule has 0 aliphatic carbocycles. The molecule has 0 aliphatic heterocycles. The SMILES string of the molecule is Cc1cc(C(F)(F)F)nc(N(C)C(=O)NS(=O)(=O)c2ccc(F)cc2)n1. The van der Waals surface area contributed by atoms with E-state index in [9.17, 15) is 30.8 Å². The van der Waals surface area contributed by atoms with Crippen molar-refractivity contribution < 1.29 is 30.8 Å². The van der Waals surface area contributed by atoms with Crippen LogP contribution in [-0.4, -0.2) is 31.5 Å². The number of halogens is 4. The van der Waals surface area contributed by atoms with Gasteiger partial charge in [-0.25, -0.2) is 32.3 Å². The second kappa shape index (κ2) is 6.86. The van der Waals surface area contributed by atoms with Crippen molar-refractivity contribution >= 4 is 22.0 Å². The Bertz CT molecular complexity index is 930. The first-order valence-electron chi connectivity index (χ1n) is 6.89. The summed E-state index contributed by atoms with van der Waals surface area (Å²) in [5, 5.41) is 0. The van der Waals surface area contributed by atoms with Crippen LogP contribution in [-0.2, 0) is 16.2 Å². The van der Waals surface area contributed by atoms with Crippen molar-refractivity contribution in [3.05, 3.63) is 47.5 Å². The average Bonchev–Trinajstić information content (AvgIpc) is 2.52. The largest absolute Gasteiger partial charge is 0.433 e. The highest BCUT2D eigenvalue weighted by molar-refractivity contribution is 7.90. The van der Waals surface area contributed by atoms with Crippen LogP contribution in [0.2, 0.25) is 0 Å². The number of hydrogen-bond donors (Lipinski definition) is 1. The van der Waals surface area contributed by atoms with E-state index in [0.717, 1.165) is 31.3 Å². The van der Waals surface area contributed by atoms with Crippen LogP contribution in [0.25, 0.3) is 0 Å². The summed E-state index contributed by atoms with van der Waals surface area (Å²) < 4.78 is 77.1. The van der Waals surface area contributed by atoms with Gasteiger partial charge in [0.25, 0.3) is 10.0 Å². The molecule has 0 saturated heterocycles. The summed E-state index contributed by atoms with van der Waals surface area (Å²) in [5.74, 6) is -1.32. The second-order valence-electron chi connectivity index (χ2n) is 5.12. The summed E-state index contributed by atoms with van der Waals surface area (Å²) in [7, 11) is -3.36. The highest BCUT2D eigenvalue weighted by Gasteiger charge is 2.34. The minimum atomic E-state index is -4.76. The molecule has 140 valence electrons. The summed E-state index contributed by atoms with van der Waals surface area (Å²) in [6.45, 7) is 1.27. The minimum absolute atomic E-state index is 0.0663. The third-order valence-corrected chi connectivity index (χ3v) is 4.42. The number of urea groups is 1. The molecule has 0 spiro atoms. The second-order valence-corrected chi connectivity index (χ2v) is 6.80. The van der Waals surface area contributed by atoms with Gasteiger partial charge in [0.2, 0.25) is 5.95 Å². The van der Waals surface area contributed by atoms with Crippen LogP contribution < -0.4 is 9.62 Å². The van der Waals surface area contributed by atoms with Crippen molar-refractivity contribution in [3.63, 3.8) is 0 Å². The molecule has 0 aliphatic rings. The zero-order valence-corrected chi connectivity index (χ0v) is 14.2. The molecule has 26 heavy (non-hydrogen) atoms. The van der Waals surface area contributed by atoms with E-state index in [4.69, 9.17) is 0 Å². The third kappa shape index (κ3) is 4.45. The van der Waals surface area contributed by atoms with E-state index in [1.54, 1.807) is 4.72 Å². The van der Waals surface area contributed by atoms with Crippen LogP contribution >= 0.6 is 0 Å². The normalized spacial score (nSPS) is 11.9. The van der Waals surface area contributed by atoms with E-state index in [-0.39, 0.29) is 5.69 Å². The molecule has 0 atom stereocenters. The maximum absolute atomic E-state index is 12.9. The summed E-state index contributed by atoms with van der Waals surface area (Å²) in [6, 6.07) is 3.01. The molecule has 2 rings (SSSR count). The molecule has 0 unspecified atom stereocenters. The van der Waals surface area contributed by atoms with E-state index in [0.29, 0.717) is 11.0 Å². The molecule has 0 bridgehead atoms. The van der Waals surface area contributed by atoms with Gasteiger partial charge >= 0.3 is 12.2 Å². The van der Waals surface area contributed by atoms with E-state index in [1.807, 2.05) is 0 Å². The van der Waals surface area contributed by atoms with E-state index < -0.39 is 44.6 Å². The highest BCUT2D eigenvalue weighted by Crippen LogP contribution is 2.29. The molecule has 7 nitrogen and oxygen atoms in total. The maximum Gasteiger partial charge on any atom is 0.433 e. The molecule has 1 aromatic carbocycles. The van der Waals surface area contributed by atoms with Gasteiger partial charge in [-0.3, -0.25) is 4.90 Å². The molecule has 0 fully saturated rings. The van der Waals surface area contributed by atoms with Gasteiger partial charge < -0.3 is 0 Å². The highest BCUT2D eigenvalue weighted by atomic mass is 32.2. The fourth-order valence-electron chi connectivity index (χ4n) is 1.80. The fourth-order valence-corrected chi connectivity index (χ4v) is 2.77. The maximum atomic E-state index is 12.9. The summed E-state index contributed by atoms with van der Waals surface area (Å²) in [5.41, 5.74) is -1.34. The molecule has 1 aromatic heterocycles. The van der Waals surface area contributed by atoms with Crippen molar-refractivity contribution in [1.82, 2.24) is 14.7 Å². The number of carbonyl (C=O) groups excluding carboxylic acids is 1. The first kappa shape index (κ1) is 19.6. The number of aryl methyl sites for hydroxylation is 1. The Morgan fingerprint density at radius 2 is 1.73 bits per heavy atom. The number of sulfonamides is 1. The number of nitrogens with one attached hydrogen (secondary N) is 1. The molecule has 1 N–H and O–H groups in total. The van der Waals surface area contributed by atoms with Crippen LogP contribution in [0, 0.1) is 12.7 Å². The van der Waals surface area contributed by atoms with Gasteiger partial charge in [0.1, 0.15) is 11.5 Å².